The molecule has 0 aliphatic carbocycles. The van der Waals surface area contributed by atoms with E-state index in [1.165, 1.54) is 19.4 Å². The Hall–Kier alpha value is -1.89. The van der Waals surface area contributed by atoms with Gasteiger partial charge < -0.3 is 15.8 Å². The van der Waals surface area contributed by atoms with Crippen LogP contribution in [0.5, 0.6) is 0 Å². The number of hydrogen-bond acceptors (Lipinski definition) is 6. The zero-order valence-corrected chi connectivity index (χ0v) is 11.4. The first-order valence-electron chi connectivity index (χ1n) is 7.08. The second-order valence-corrected chi connectivity index (χ2v) is 5.39. The van der Waals surface area contributed by atoms with E-state index in [2.05, 4.69) is 25.2 Å². The van der Waals surface area contributed by atoms with E-state index in [9.17, 15) is 0 Å². The zero-order chi connectivity index (χ0) is 13.9. The van der Waals surface area contributed by atoms with Gasteiger partial charge in [-0.3, -0.25) is 4.90 Å². The van der Waals surface area contributed by atoms with E-state index < -0.39 is 0 Å². The lowest BCUT2D eigenvalue weighted by Crippen LogP contribution is -2.38. The molecule has 1 atom stereocenters. The molecule has 0 spiro atoms. The Morgan fingerprint density at radius 3 is 3.05 bits per heavy atom. The molecule has 2 saturated heterocycles. The van der Waals surface area contributed by atoms with E-state index in [1.54, 1.807) is 12.3 Å². The predicted octanol–water partition coefficient (Wildman–Crippen LogP) is 0.246. The molecule has 0 aromatic carbocycles. The van der Waals surface area contributed by atoms with Crippen LogP contribution in [0, 0.1) is 0 Å². The predicted molar refractivity (Wildman–Crippen MR) is 76.0 cm³/mol. The normalized spacial score (nSPS) is 24.5. The highest BCUT2D eigenvalue weighted by Crippen LogP contribution is 2.25. The van der Waals surface area contributed by atoms with E-state index in [0.29, 0.717) is 11.6 Å². The molecule has 0 amide bonds. The van der Waals surface area contributed by atoms with E-state index in [1.807, 2.05) is 0 Å². The van der Waals surface area contributed by atoms with Crippen molar-refractivity contribution in [3.8, 4) is 0 Å². The van der Waals surface area contributed by atoms with Gasteiger partial charge in [-0.2, -0.15) is 5.10 Å². The smallest absolute Gasteiger partial charge is 0.173 e. The fraction of sp³-hybridized carbons (Fsp3) is 0.615. The molecule has 2 aliphatic heterocycles. The number of fused-ring (bicyclic) bond motifs is 1. The Labute approximate surface area is 118 Å². The number of rotatable bonds is 2. The summed E-state index contributed by atoms with van der Waals surface area (Å²) in [5, 5.41) is 20.2. The van der Waals surface area contributed by atoms with Crippen LogP contribution in [0.2, 0.25) is 0 Å². The van der Waals surface area contributed by atoms with Gasteiger partial charge in [0.05, 0.1) is 11.8 Å². The highest BCUT2D eigenvalue weighted by molar-refractivity contribution is 6.01. The molecule has 1 aromatic heterocycles. The van der Waals surface area contributed by atoms with Gasteiger partial charge in [0, 0.05) is 25.7 Å². The molecule has 2 fully saturated rings. The molecule has 7 heteroatoms. The molecule has 3 rings (SSSR count). The van der Waals surface area contributed by atoms with Gasteiger partial charge in [0.25, 0.3) is 0 Å². The molecule has 20 heavy (non-hydrogen) atoms. The second-order valence-electron chi connectivity index (χ2n) is 5.39. The Balaban J connectivity index is 1.88. The summed E-state index contributed by atoms with van der Waals surface area (Å²) >= 11 is 0. The minimum atomic E-state index is 0.0856. The molecule has 1 aromatic rings. The number of oxime groups is 1. The number of amidine groups is 1. The molecule has 2 aliphatic rings. The third kappa shape index (κ3) is 2.40. The van der Waals surface area contributed by atoms with Crippen molar-refractivity contribution in [3.63, 3.8) is 0 Å². The standard InChI is InChI=1S/C13H20N6O/c14-12(17-20)11-4-5-15-16-13(11)19-8-2-7-18-6-1-3-10(18)9-19/h4-5,10,20H,1-3,6-9H2,(H2,14,17). The number of nitrogens with zero attached hydrogens (tertiary/aromatic N) is 5. The first-order valence-corrected chi connectivity index (χ1v) is 7.08. The minimum Gasteiger partial charge on any atom is -0.409 e. The molecule has 3 heterocycles. The van der Waals surface area contributed by atoms with Crippen molar-refractivity contribution in [2.75, 3.05) is 31.1 Å². The average molecular weight is 276 g/mol. The summed E-state index contributed by atoms with van der Waals surface area (Å²) in [4.78, 5) is 4.77. The number of anilines is 1. The van der Waals surface area contributed by atoms with Crippen LogP contribution in [-0.4, -0.2) is 58.4 Å². The molecule has 0 radical (unpaired) electrons. The molecular weight excluding hydrogens is 256 g/mol. The van der Waals surface area contributed by atoms with E-state index in [0.717, 1.165) is 31.9 Å². The Bertz CT molecular complexity index is 505. The van der Waals surface area contributed by atoms with Gasteiger partial charge in [0.2, 0.25) is 0 Å². The maximum Gasteiger partial charge on any atom is 0.173 e. The Morgan fingerprint density at radius 2 is 2.20 bits per heavy atom. The number of aromatic nitrogens is 2. The first-order chi connectivity index (χ1) is 9.79. The second kappa shape index (κ2) is 5.62. The van der Waals surface area contributed by atoms with Crippen LogP contribution >= 0.6 is 0 Å². The molecule has 3 N–H and O–H groups in total. The van der Waals surface area contributed by atoms with Crippen molar-refractivity contribution < 1.29 is 5.21 Å². The van der Waals surface area contributed by atoms with Crippen LogP contribution in [0.1, 0.15) is 24.8 Å². The third-order valence-corrected chi connectivity index (χ3v) is 4.19. The van der Waals surface area contributed by atoms with Gasteiger partial charge in [-0.1, -0.05) is 5.16 Å². The average Bonchev–Trinajstić information content (AvgIpc) is 2.83. The van der Waals surface area contributed by atoms with Crippen molar-refractivity contribution in [1.29, 1.82) is 0 Å². The molecule has 0 bridgehead atoms. The van der Waals surface area contributed by atoms with Gasteiger partial charge in [-0.05, 0) is 31.9 Å². The molecule has 1 unspecified atom stereocenters. The van der Waals surface area contributed by atoms with Gasteiger partial charge in [0.15, 0.2) is 11.7 Å². The van der Waals surface area contributed by atoms with E-state index >= 15 is 0 Å². The lowest BCUT2D eigenvalue weighted by Gasteiger charge is -2.27. The van der Waals surface area contributed by atoms with Gasteiger partial charge in [-0.25, -0.2) is 0 Å². The number of hydrogen-bond donors (Lipinski definition) is 2. The largest absolute Gasteiger partial charge is 0.409 e. The highest BCUT2D eigenvalue weighted by Gasteiger charge is 2.30. The fourth-order valence-electron chi connectivity index (χ4n) is 3.21. The molecular formula is C13H20N6O. The van der Waals surface area contributed by atoms with Crippen molar-refractivity contribution >= 4 is 11.7 Å². The Morgan fingerprint density at radius 1 is 1.35 bits per heavy atom. The quantitative estimate of drug-likeness (QED) is 0.348. The first kappa shape index (κ1) is 13.1. The van der Waals surface area contributed by atoms with Gasteiger partial charge >= 0.3 is 0 Å². The zero-order valence-electron chi connectivity index (χ0n) is 11.4. The molecule has 0 saturated carbocycles. The van der Waals surface area contributed by atoms with Crippen LogP contribution in [0.3, 0.4) is 0 Å². The van der Waals surface area contributed by atoms with Crippen molar-refractivity contribution in [2.45, 2.75) is 25.3 Å². The third-order valence-electron chi connectivity index (χ3n) is 4.19. The molecule has 108 valence electrons. The van der Waals surface area contributed by atoms with Crippen molar-refractivity contribution in [1.82, 2.24) is 15.1 Å². The van der Waals surface area contributed by atoms with E-state index in [-0.39, 0.29) is 5.84 Å². The maximum atomic E-state index is 8.90. The van der Waals surface area contributed by atoms with Crippen molar-refractivity contribution in [3.05, 3.63) is 17.8 Å². The highest BCUT2D eigenvalue weighted by atomic mass is 16.4. The summed E-state index contributed by atoms with van der Waals surface area (Å²) in [6.45, 7) is 4.20. The monoisotopic (exact) mass is 276 g/mol. The van der Waals surface area contributed by atoms with Crippen LogP contribution in [-0.2, 0) is 0 Å². The summed E-state index contributed by atoms with van der Waals surface area (Å²) in [7, 11) is 0. The van der Waals surface area contributed by atoms with Gasteiger partial charge in [-0.15, -0.1) is 5.10 Å². The summed E-state index contributed by atoms with van der Waals surface area (Å²) < 4.78 is 0. The topological polar surface area (TPSA) is 90.9 Å². The van der Waals surface area contributed by atoms with Gasteiger partial charge in [0.1, 0.15) is 0 Å². The minimum absolute atomic E-state index is 0.0856. The van der Waals surface area contributed by atoms with E-state index in [4.69, 9.17) is 10.9 Å². The summed E-state index contributed by atoms with van der Waals surface area (Å²) in [5.74, 6) is 0.805. The summed E-state index contributed by atoms with van der Waals surface area (Å²) in [6, 6.07) is 2.33. The lowest BCUT2D eigenvalue weighted by molar-refractivity contribution is 0.273. The molecule has 7 nitrogen and oxygen atoms in total. The van der Waals surface area contributed by atoms with Crippen LogP contribution < -0.4 is 10.6 Å². The van der Waals surface area contributed by atoms with Crippen LogP contribution in [0.25, 0.3) is 0 Å². The SMILES string of the molecule is N/C(=N/O)c1ccnnc1N1CCCN2CCCC2C1. The summed E-state index contributed by atoms with van der Waals surface area (Å²) in [5.41, 5.74) is 6.39. The van der Waals surface area contributed by atoms with Crippen LogP contribution in [0.15, 0.2) is 17.4 Å². The Kier molecular flexibility index (Phi) is 3.68. The fourth-order valence-corrected chi connectivity index (χ4v) is 3.21. The van der Waals surface area contributed by atoms with Crippen molar-refractivity contribution in [2.24, 2.45) is 10.9 Å². The lowest BCUT2D eigenvalue weighted by atomic mass is 10.2. The maximum absolute atomic E-state index is 8.90. The summed E-state index contributed by atoms with van der Waals surface area (Å²) in [6.07, 6.45) is 5.17. The van der Waals surface area contributed by atoms with Crippen LogP contribution in [0.4, 0.5) is 5.82 Å². The number of nitrogens with two attached hydrogens (primary N) is 1.